The largest absolute Gasteiger partial charge is 0.460 e. The maximum Gasteiger partial charge on any atom is 0.374 e. The third-order valence-corrected chi connectivity index (χ3v) is 2.80. The highest BCUT2D eigenvalue weighted by molar-refractivity contribution is 6.34. The summed E-state index contributed by atoms with van der Waals surface area (Å²) in [6, 6.07) is 16.4. The monoisotopic (exact) mass is 284 g/mol. The zero-order valence-electron chi connectivity index (χ0n) is 11.7. The molecule has 0 bridgehead atoms. The van der Waals surface area contributed by atoms with Gasteiger partial charge in [0.1, 0.15) is 11.5 Å². The summed E-state index contributed by atoms with van der Waals surface area (Å²) in [5.74, 6) is -0.164. The minimum absolute atomic E-state index is 0.0398. The van der Waals surface area contributed by atoms with Crippen LogP contribution in [0.1, 0.15) is 12.5 Å². The van der Waals surface area contributed by atoms with E-state index in [-0.39, 0.29) is 13.0 Å². The van der Waals surface area contributed by atoms with E-state index in [9.17, 15) is 9.59 Å². The molecule has 2 rings (SSSR count). The van der Waals surface area contributed by atoms with Gasteiger partial charge in [-0.1, -0.05) is 36.4 Å². The minimum Gasteiger partial charge on any atom is -0.460 e. The van der Waals surface area contributed by atoms with E-state index in [0.717, 1.165) is 0 Å². The average molecular weight is 284 g/mol. The molecule has 108 valence electrons. The van der Waals surface area contributed by atoms with Crippen LogP contribution in [0.25, 0.3) is 0 Å². The first kappa shape index (κ1) is 14.8. The molecule has 0 saturated heterocycles. The van der Waals surface area contributed by atoms with E-state index in [1.807, 2.05) is 36.4 Å². The van der Waals surface area contributed by atoms with Crippen LogP contribution >= 0.6 is 0 Å². The summed E-state index contributed by atoms with van der Waals surface area (Å²) in [6.45, 7) is 1.85. The Kier molecular flexibility index (Phi) is 5.10. The third-order valence-electron chi connectivity index (χ3n) is 2.80. The van der Waals surface area contributed by atoms with Crippen LogP contribution in [-0.4, -0.2) is 18.4 Å². The fourth-order valence-corrected chi connectivity index (χ4v) is 1.82. The Bertz CT molecular complexity index is 620. The molecule has 0 N–H and O–H groups in total. The predicted octanol–water partition coefficient (Wildman–Crippen LogP) is 3.15. The van der Waals surface area contributed by atoms with Crippen molar-refractivity contribution in [1.82, 2.24) is 0 Å². The van der Waals surface area contributed by atoms with Gasteiger partial charge in [-0.3, -0.25) is 4.79 Å². The van der Waals surface area contributed by atoms with Gasteiger partial charge in [0.15, 0.2) is 0 Å². The molecule has 2 aromatic rings. The number of carbonyl (C=O) groups excluding carboxylic acids is 2. The molecule has 0 aromatic heterocycles. The van der Waals surface area contributed by atoms with Gasteiger partial charge in [0.05, 0.1) is 6.61 Å². The fourth-order valence-electron chi connectivity index (χ4n) is 1.82. The third kappa shape index (κ3) is 4.18. The molecule has 0 aliphatic carbocycles. The van der Waals surface area contributed by atoms with E-state index in [4.69, 9.17) is 9.47 Å². The summed E-state index contributed by atoms with van der Waals surface area (Å²) in [4.78, 5) is 23.2. The van der Waals surface area contributed by atoms with Crippen LogP contribution in [0.15, 0.2) is 54.6 Å². The maximum atomic E-state index is 11.8. The normalized spacial score (nSPS) is 9.95. The molecular formula is C17H16O4. The lowest BCUT2D eigenvalue weighted by atomic mass is 10.1. The number of hydrogen-bond acceptors (Lipinski definition) is 4. The molecular weight excluding hydrogens is 268 g/mol. The predicted molar refractivity (Wildman–Crippen MR) is 78.3 cm³/mol. The number of esters is 1. The first-order chi connectivity index (χ1) is 10.2. The van der Waals surface area contributed by atoms with Gasteiger partial charge < -0.3 is 9.47 Å². The van der Waals surface area contributed by atoms with Gasteiger partial charge in [-0.05, 0) is 25.1 Å². The Labute approximate surface area is 123 Å². The van der Waals surface area contributed by atoms with E-state index in [1.54, 1.807) is 25.1 Å². The standard InChI is InChI=1S/C17H16O4/c1-2-20-17(19)15(18)12-13-8-6-7-11-16(13)21-14-9-4-3-5-10-14/h3-11H,2,12H2,1H3. The molecule has 0 saturated carbocycles. The van der Waals surface area contributed by atoms with Crippen molar-refractivity contribution in [1.29, 1.82) is 0 Å². The van der Waals surface area contributed by atoms with E-state index < -0.39 is 11.8 Å². The molecule has 0 amide bonds. The zero-order valence-corrected chi connectivity index (χ0v) is 11.7. The van der Waals surface area contributed by atoms with Gasteiger partial charge in [-0.15, -0.1) is 0 Å². The van der Waals surface area contributed by atoms with Crippen molar-refractivity contribution in [2.75, 3.05) is 6.61 Å². The molecule has 0 fully saturated rings. The second kappa shape index (κ2) is 7.24. The van der Waals surface area contributed by atoms with Crippen molar-refractivity contribution in [3.63, 3.8) is 0 Å². The molecule has 0 spiro atoms. The number of ketones is 1. The molecule has 0 heterocycles. The van der Waals surface area contributed by atoms with Gasteiger partial charge in [-0.25, -0.2) is 4.79 Å². The van der Waals surface area contributed by atoms with E-state index in [2.05, 4.69) is 0 Å². The highest BCUT2D eigenvalue weighted by Crippen LogP contribution is 2.25. The molecule has 2 aromatic carbocycles. The van der Waals surface area contributed by atoms with Crippen molar-refractivity contribution < 1.29 is 19.1 Å². The smallest absolute Gasteiger partial charge is 0.374 e. The van der Waals surface area contributed by atoms with Gasteiger partial charge in [0.25, 0.3) is 0 Å². The molecule has 4 nitrogen and oxygen atoms in total. The number of benzene rings is 2. The van der Waals surface area contributed by atoms with Gasteiger partial charge in [-0.2, -0.15) is 0 Å². The highest BCUT2D eigenvalue weighted by Gasteiger charge is 2.17. The molecule has 0 radical (unpaired) electrons. The second-order valence-corrected chi connectivity index (χ2v) is 4.34. The number of Topliss-reactive ketones (excluding diaryl/α,β-unsaturated/α-hetero) is 1. The Morgan fingerprint density at radius 2 is 1.62 bits per heavy atom. The SMILES string of the molecule is CCOC(=O)C(=O)Cc1ccccc1Oc1ccccc1. The van der Waals surface area contributed by atoms with Crippen molar-refractivity contribution >= 4 is 11.8 Å². The Hall–Kier alpha value is -2.62. The van der Waals surface area contributed by atoms with Crippen molar-refractivity contribution in [2.45, 2.75) is 13.3 Å². The summed E-state index contributed by atoms with van der Waals surface area (Å²) < 4.78 is 10.5. The summed E-state index contributed by atoms with van der Waals surface area (Å²) in [5, 5.41) is 0. The molecule has 0 aliphatic rings. The van der Waals surface area contributed by atoms with Gasteiger partial charge >= 0.3 is 5.97 Å². The fraction of sp³-hybridized carbons (Fsp3) is 0.176. The Morgan fingerprint density at radius 3 is 2.33 bits per heavy atom. The van der Waals surface area contributed by atoms with Crippen LogP contribution in [0.3, 0.4) is 0 Å². The van der Waals surface area contributed by atoms with Crippen LogP contribution in [0.2, 0.25) is 0 Å². The Balaban J connectivity index is 2.14. The van der Waals surface area contributed by atoms with Crippen molar-refractivity contribution in [3.8, 4) is 11.5 Å². The number of hydrogen-bond donors (Lipinski definition) is 0. The van der Waals surface area contributed by atoms with Crippen LogP contribution in [0.5, 0.6) is 11.5 Å². The quantitative estimate of drug-likeness (QED) is 0.604. The molecule has 0 aliphatic heterocycles. The van der Waals surface area contributed by atoms with Crippen LogP contribution in [-0.2, 0) is 20.7 Å². The lowest BCUT2D eigenvalue weighted by molar-refractivity contribution is -0.153. The zero-order chi connectivity index (χ0) is 15.1. The topological polar surface area (TPSA) is 52.6 Å². The second-order valence-electron chi connectivity index (χ2n) is 4.34. The lowest BCUT2D eigenvalue weighted by Gasteiger charge is -2.10. The van der Waals surface area contributed by atoms with Crippen LogP contribution in [0.4, 0.5) is 0 Å². The first-order valence-corrected chi connectivity index (χ1v) is 6.71. The maximum absolute atomic E-state index is 11.8. The molecule has 21 heavy (non-hydrogen) atoms. The molecule has 4 heteroatoms. The van der Waals surface area contributed by atoms with Crippen molar-refractivity contribution in [2.24, 2.45) is 0 Å². The summed E-state index contributed by atoms with van der Waals surface area (Å²) in [6.07, 6.45) is -0.0398. The minimum atomic E-state index is -0.813. The Morgan fingerprint density at radius 1 is 0.952 bits per heavy atom. The van der Waals surface area contributed by atoms with Crippen LogP contribution in [0, 0.1) is 0 Å². The van der Waals surface area contributed by atoms with Gasteiger partial charge in [0.2, 0.25) is 5.78 Å². The van der Waals surface area contributed by atoms with Gasteiger partial charge in [0, 0.05) is 12.0 Å². The van der Waals surface area contributed by atoms with E-state index in [1.165, 1.54) is 0 Å². The average Bonchev–Trinajstić information content (AvgIpc) is 2.50. The van der Waals surface area contributed by atoms with E-state index in [0.29, 0.717) is 17.1 Å². The number of carbonyl (C=O) groups is 2. The van der Waals surface area contributed by atoms with Crippen molar-refractivity contribution in [3.05, 3.63) is 60.2 Å². The van der Waals surface area contributed by atoms with Crippen LogP contribution < -0.4 is 4.74 Å². The number of rotatable bonds is 6. The number of ether oxygens (including phenoxy) is 2. The summed E-state index contributed by atoms with van der Waals surface area (Å²) in [5.41, 5.74) is 0.652. The first-order valence-electron chi connectivity index (χ1n) is 6.71. The molecule has 0 atom stereocenters. The van der Waals surface area contributed by atoms with E-state index >= 15 is 0 Å². The lowest BCUT2D eigenvalue weighted by Crippen LogP contribution is -2.19. The highest BCUT2D eigenvalue weighted by atomic mass is 16.5. The summed E-state index contributed by atoms with van der Waals surface area (Å²) in [7, 11) is 0. The number of para-hydroxylation sites is 2. The molecule has 0 unspecified atom stereocenters. The summed E-state index contributed by atoms with van der Waals surface area (Å²) >= 11 is 0.